The fraction of sp³-hybridized carbons (Fsp3) is 0.308. The van der Waals surface area contributed by atoms with Crippen LogP contribution in [0.15, 0.2) is 48.5 Å². The Morgan fingerprint density at radius 2 is 1.86 bits per heavy atom. The lowest BCUT2D eigenvalue weighted by Gasteiger charge is -2.50. The first-order valence-electron chi connectivity index (χ1n) is 11.5. The molecule has 0 radical (unpaired) electrons. The maximum absolute atomic E-state index is 14.0. The molecule has 0 aliphatic carbocycles. The minimum Gasteiger partial charge on any atom is -0.497 e. The van der Waals surface area contributed by atoms with Crippen molar-refractivity contribution < 1.29 is 19.1 Å². The molecule has 5 rings (SSSR count). The molecule has 1 aromatic heterocycles. The molecule has 9 heteroatoms. The van der Waals surface area contributed by atoms with E-state index in [1.54, 1.807) is 36.3 Å². The van der Waals surface area contributed by atoms with Crippen LogP contribution in [0.4, 0.5) is 10.8 Å². The average Bonchev–Trinajstić information content (AvgIpc) is 3.39. The number of carbonyl (C=O) groups excluding carboxylic acids is 3. The second-order valence-corrected chi connectivity index (χ2v) is 10.1. The van der Waals surface area contributed by atoms with E-state index in [1.165, 1.54) is 16.2 Å². The number of thiazole rings is 1. The van der Waals surface area contributed by atoms with Crippen LogP contribution in [0.3, 0.4) is 0 Å². The number of nitrogens with zero attached hydrogens (tertiary/aromatic N) is 3. The molecule has 1 atom stereocenters. The second-order valence-electron chi connectivity index (χ2n) is 8.94. The minimum absolute atomic E-state index is 0.173. The number of nitrogens with one attached hydrogen (secondary N) is 1. The van der Waals surface area contributed by atoms with Crippen molar-refractivity contribution in [3.8, 4) is 17.0 Å². The van der Waals surface area contributed by atoms with Gasteiger partial charge in [-0.2, -0.15) is 0 Å². The van der Waals surface area contributed by atoms with Crippen molar-refractivity contribution in [3.63, 3.8) is 0 Å². The number of fused-ring (bicyclic) bond motifs is 3. The Morgan fingerprint density at radius 1 is 1.14 bits per heavy atom. The fourth-order valence-corrected chi connectivity index (χ4v) is 5.90. The van der Waals surface area contributed by atoms with Gasteiger partial charge in [0.2, 0.25) is 11.6 Å². The standard InChI is InChI=1S/C26H26N4O4S/c1-15(2)29-23(32)19-7-5-6-8-20(19)30-21(31)13-14-26(29,30)24(33)28-25-27-22(16(3)35-25)17-9-11-18(34-4)12-10-17/h5-12,15H,13-14H2,1-4H3,(H,27,28,33)/t26-/m1/s1. The summed E-state index contributed by atoms with van der Waals surface area (Å²) in [6.45, 7) is 5.66. The van der Waals surface area contributed by atoms with Gasteiger partial charge in [-0.25, -0.2) is 4.98 Å². The molecule has 35 heavy (non-hydrogen) atoms. The topological polar surface area (TPSA) is 91.8 Å². The predicted molar refractivity (Wildman–Crippen MR) is 135 cm³/mol. The van der Waals surface area contributed by atoms with Crippen LogP contribution in [-0.4, -0.2) is 46.4 Å². The van der Waals surface area contributed by atoms with Crippen molar-refractivity contribution in [2.45, 2.75) is 45.3 Å². The number of benzene rings is 2. The smallest absolute Gasteiger partial charge is 0.273 e. The number of carbonyl (C=O) groups is 3. The van der Waals surface area contributed by atoms with Gasteiger partial charge in [0, 0.05) is 29.3 Å². The van der Waals surface area contributed by atoms with Crippen LogP contribution in [0.25, 0.3) is 11.3 Å². The third kappa shape index (κ3) is 3.49. The van der Waals surface area contributed by atoms with Gasteiger partial charge in [-0.15, -0.1) is 11.3 Å². The summed E-state index contributed by atoms with van der Waals surface area (Å²) >= 11 is 1.36. The van der Waals surface area contributed by atoms with Gasteiger partial charge >= 0.3 is 0 Å². The average molecular weight is 491 g/mol. The Balaban J connectivity index is 1.54. The first kappa shape index (κ1) is 23.0. The molecule has 2 aromatic carbocycles. The van der Waals surface area contributed by atoms with Crippen molar-refractivity contribution in [3.05, 3.63) is 59.0 Å². The van der Waals surface area contributed by atoms with Gasteiger partial charge in [0.1, 0.15) is 5.75 Å². The molecule has 1 fully saturated rings. The number of methoxy groups -OCH3 is 1. The lowest BCUT2D eigenvalue weighted by atomic mass is 9.94. The van der Waals surface area contributed by atoms with E-state index in [-0.39, 0.29) is 30.7 Å². The van der Waals surface area contributed by atoms with Gasteiger partial charge < -0.3 is 9.64 Å². The van der Waals surface area contributed by atoms with Crippen LogP contribution in [0.1, 0.15) is 41.9 Å². The zero-order chi connectivity index (χ0) is 24.9. The minimum atomic E-state index is -1.45. The zero-order valence-electron chi connectivity index (χ0n) is 20.0. The van der Waals surface area contributed by atoms with Crippen molar-refractivity contribution in [1.29, 1.82) is 0 Å². The molecular formula is C26H26N4O4S. The third-order valence-electron chi connectivity index (χ3n) is 6.56. The highest BCUT2D eigenvalue weighted by molar-refractivity contribution is 7.16. The molecule has 8 nitrogen and oxygen atoms in total. The number of hydrogen-bond donors (Lipinski definition) is 1. The van der Waals surface area contributed by atoms with E-state index < -0.39 is 11.6 Å². The van der Waals surface area contributed by atoms with Gasteiger partial charge in [0.15, 0.2) is 5.13 Å². The highest BCUT2D eigenvalue weighted by Crippen LogP contribution is 2.46. The van der Waals surface area contributed by atoms with Crippen molar-refractivity contribution in [1.82, 2.24) is 9.88 Å². The van der Waals surface area contributed by atoms with Gasteiger partial charge in [-0.1, -0.05) is 12.1 Å². The molecule has 180 valence electrons. The Morgan fingerprint density at radius 3 is 2.54 bits per heavy atom. The molecule has 0 unspecified atom stereocenters. The number of rotatable bonds is 5. The number of ether oxygens (including phenoxy) is 1. The molecule has 1 saturated heterocycles. The van der Waals surface area contributed by atoms with E-state index in [0.29, 0.717) is 16.4 Å². The van der Waals surface area contributed by atoms with Crippen molar-refractivity contribution >= 4 is 39.9 Å². The monoisotopic (exact) mass is 490 g/mol. The van der Waals surface area contributed by atoms with Crippen LogP contribution in [-0.2, 0) is 9.59 Å². The van der Waals surface area contributed by atoms with E-state index in [2.05, 4.69) is 10.3 Å². The maximum atomic E-state index is 14.0. The summed E-state index contributed by atoms with van der Waals surface area (Å²) in [6, 6.07) is 14.2. The molecule has 3 amide bonds. The third-order valence-corrected chi connectivity index (χ3v) is 7.45. The lowest BCUT2D eigenvalue weighted by molar-refractivity contribution is -0.129. The quantitative estimate of drug-likeness (QED) is 0.570. The summed E-state index contributed by atoms with van der Waals surface area (Å²) in [5.74, 6) is -0.128. The summed E-state index contributed by atoms with van der Waals surface area (Å²) < 4.78 is 5.23. The second kappa shape index (κ2) is 8.49. The van der Waals surface area contributed by atoms with Gasteiger partial charge in [0.25, 0.3) is 11.8 Å². The SMILES string of the molecule is COc1ccc(-c2nc(NC(=O)[C@@]34CCC(=O)N3c3ccccc3C(=O)N4C(C)C)sc2C)cc1. The number of aryl methyl sites for hydroxylation is 1. The van der Waals surface area contributed by atoms with Gasteiger partial charge in [0.05, 0.1) is 24.1 Å². The Bertz CT molecular complexity index is 1330. The van der Waals surface area contributed by atoms with E-state index in [1.807, 2.05) is 45.0 Å². The summed E-state index contributed by atoms with van der Waals surface area (Å²) in [5.41, 5.74) is 1.11. The zero-order valence-corrected chi connectivity index (χ0v) is 20.8. The van der Waals surface area contributed by atoms with Crippen molar-refractivity contribution in [2.24, 2.45) is 0 Å². The Hall–Kier alpha value is -3.72. The van der Waals surface area contributed by atoms with E-state index in [0.717, 1.165) is 21.9 Å². The van der Waals surface area contributed by atoms with E-state index in [9.17, 15) is 14.4 Å². The predicted octanol–water partition coefficient (Wildman–Crippen LogP) is 4.45. The summed E-state index contributed by atoms with van der Waals surface area (Å²) in [5, 5.41) is 3.36. The first-order chi connectivity index (χ1) is 16.8. The molecule has 0 bridgehead atoms. The van der Waals surface area contributed by atoms with Gasteiger partial charge in [-0.05, 0) is 57.2 Å². The van der Waals surface area contributed by atoms with Crippen molar-refractivity contribution in [2.75, 3.05) is 17.3 Å². The Kier molecular flexibility index (Phi) is 5.59. The molecule has 0 saturated carbocycles. The van der Waals surface area contributed by atoms with Crippen LogP contribution >= 0.6 is 11.3 Å². The van der Waals surface area contributed by atoms with E-state index in [4.69, 9.17) is 4.74 Å². The van der Waals surface area contributed by atoms with Crippen LogP contribution in [0.2, 0.25) is 0 Å². The largest absolute Gasteiger partial charge is 0.497 e. The highest BCUT2D eigenvalue weighted by atomic mass is 32.1. The number of anilines is 2. The van der Waals surface area contributed by atoms with Crippen LogP contribution < -0.4 is 15.0 Å². The number of aromatic nitrogens is 1. The summed E-state index contributed by atoms with van der Waals surface area (Å²) in [6.07, 6.45) is 0.387. The molecule has 3 aromatic rings. The highest BCUT2D eigenvalue weighted by Gasteiger charge is 2.61. The lowest BCUT2D eigenvalue weighted by Crippen LogP contribution is -2.70. The number of para-hydroxylation sites is 1. The molecular weight excluding hydrogens is 464 g/mol. The van der Waals surface area contributed by atoms with Crippen LogP contribution in [0, 0.1) is 6.92 Å². The maximum Gasteiger partial charge on any atom is 0.273 e. The van der Waals surface area contributed by atoms with Crippen LogP contribution in [0.5, 0.6) is 5.75 Å². The molecule has 1 N–H and O–H groups in total. The number of hydrogen-bond acceptors (Lipinski definition) is 6. The van der Waals surface area contributed by atoms with E-state index >= 15 is 0 Å². The molecule has 2 aliphatic rings. The summed E-state index contributed by atoms with van der Waals surface area (Å²) in [7, 11) is 1.61. The summed E-state index contributed by atoms with van der Waals surface area (Å²) in [4.78, 5) is 49.3. The van der Waals surface area contributed by atoms with Gasteiger partial charge in [-0.3, -0.25) is 24.6 Å². The molecule has 0 spiro atoms. The molecule has 2 aliphatic heterocycles. The normalized spacial score (nSPS) is 19.1. The molecule has 3 heterocycles. The first-order valence-corrected chi connectivity index (χ1v) is 12.3. The Labute approximate surface area is 207 Å². The number of amides is 3. The fourth-order valence-electron chi connectivity index (χ4n) is 5.07.